The van der Waals surface area contributed by atoms with Gasteiger partial charge in [0.25, 0.3) is 0 Å². The van der Waals surface area contributed by atoms with Crippen molar-refractivity contribution in [2.24, 2.45) is 5.92 Å². The van der Waals surface area contributed by atoms with Gasteiger partial charge < -0.3 is 4.90 Å². The van der Waals surface area contributed by atoms with E-state index in [4.69, 9.17) is 9.97 Å². The van der Waals surface area contributed by atoms with Crippen molar-refractivity contribution in [1.29, 1.82) is 0 Å². The molecular formula is C24H32N6O2. The molecule has 170 valence electrons. The quantitative estimate of drug-likeness (QED) is 0.719. The third kappa shape index (κ3) is 4.14. The Balaban J connectivity index is 1.42. The second kappa shape index (κ2) is 9.00. The summed E-state index contributed by atoms with van der Waals surface area (Å²) in [5.74, 6) is 2.23. The molecule has 1 aliphatic carbocycles. The number of aromatic nitrogens is 4. The van der Waals surface area contributed by atoms with E-state index in [1.54, 1.807) is 17.1 Å². The van der Waals surface area contributed by atoms with E-state index in [0.29, 0.717) is 31.1 Å². The van der Waals surface area contributed by atoms with Crippen LogP contribution in [0.2, 0.25) is 0 Å². The van der Waals surface area contributed by atoms with Crippen LogP contribution < -0.4 is 4.90 Å². The van der Waals surface area contributed by atoms with Crippen LogP contribution in [0.15, 0.2) is 18.5 Å². The van der Waals surface area contributed by atoms with E-state index in [-0.39, 0.29) is 24.4 Å². The van der Waals surface area contributed by atoms with E-state index >= 15 is 0 Å². The Morgan fingerprint density at radius 2 is 1.94 bits per heavy atom. The van der Waals surface area contributed by atoms with E-state index in [1.165, 1.54) is 32.1 Å². The van der Waals surface area contributed by atoms with Crippen molar-refractivity contribution in [3.8, 4) is 0 Å². The number of amides is 2. The highest BCUT2D eigenvalue weighted by Gasteiger charge is 2.35. The van der Waals surface area contributed by atoms with Gasteiger partial charge in [0, 0.05) is 43.2 Å². The van der Waals surface area contributed by atoms with Crippen LogP contribution in [0.5, 0.6) is 0 Å². The fraction of sp³-hybridized carbons (Fsp3) is 0.625. The molecule has 0 aromatic carbocycles. The first-order valence-corrected chi connectivity index (χ1v) is 12.0. The summed E-state index contributed by atoms with van der Waals surface area (Å²) in [4.78, 5) is 39.5. The topological polar surface area (TPSA) is 84.2 Å². The van der Waals surface area contributed by atoms with Crippen LogP contribution in [-0.2, 0) is 22.6 Å². The summed E-state index contributed by atoms with van der Waals surface area (Å²) in [6.45, 7) is 3.70. The molecule has 0 spiro atoms. The zero-order valence-electron chi connectivity index (χ0n) is 18.9. The summed E-state index contributed by atoms with van der Waals surface area (Å²) in [5, 5.41) is 4.16. The minimum Gasteiger partial charge on any atom is -0.331 e. The molecule has 4 heterocycles. The zero-order valence-corrected chi connectivity index (χ0v) is 18.9. The fourth-order valence-corrected chi connectivity index (χ4v) is 5.53. The maximum Gasteiger partial charge on any atom is 0.244 e. The van der Waals surface area contributed by atoms with Crippen molar-refractivity contribution in [2.75, 3.05) is 18.0 Å². The lowest BCUT2D eigenvalue weighted by atomic mass is 9.88. The van der Waals surface area contributed by atoms with Gasteiger partial charge >= 0.3 is 0 Å². The van der Waals surface area contributed by atoms with Crippen LogP contribution in [-0.4, -0.2) is 49.6 Å². The van der Waals surface area contributed by atoms with E-state index in [9.17, 15) is 9.59 Å². The van der Waals surface area contributed by atoms with Crippen molar-refractivity contribution in [1.82, 2.24) is 24.6 Å². The third-order valence-corrected chi connectivity index (χ3v) is 7.25. The fourth-order valence-electron chi connectivity index (χ4n) is 5.53. The Labute approximate surface area is 189 Å². The average Bonchev–Trinajstić information content (AvgIpc) is 3.48. The molecule has 2 amide bonds. The summed E-state index contributed by atoms with van der Waals surface area (Å²) in [6, 6.07) is 1.68. The second-order valence-electron chi connectivity index (χ2n) is 9.43. The predicted molar refractivity (Wildman–Crippen MR) is 120 cm³/mol. The van der Waals surface area contributed by atoms with Crippen LogP contribution in [0.25, 0.3) is 0 Å². The van der Waals surface area contributed by atoms with Crippen molar-refractivity contribution in [3.05, 3.63) is 35.5 Å². The SMILES string of the molecule is Cc1nc([C@H]2CCCN2C(=O)Cn2cccn2)nc2c1CCC(=O)N2CC1CCCCC1. The summed E-state index contributed by atoms with van der Waals surface area (Å²) in [5.41, 5.74) is 2.04. The number of hydrogen-bond acceptors (Lipinski definition) is 5. The standard InChI is InChI=1S/C24H32N6O2/c1-17-19-10-11-21(31)30(15-18-7-3-2-4-8-18)24(19)27-23(26-17)20-9-5-14-29(20)22(32)16-28-13-6-12-25-28/h6,12-13,18,20H,2-5,7-11,14-16H2,1H3/t20-/m1/s1. The highest BCUT2D eigenvalue weighted by Crippen LogP contribution is 2.36. The lowest BCUT2D eigenvalue weighted by molar-refractivity contribution is -0.133. The molecule has 0 N–H and O–H groups in total. The smallest absolute Gasteiger partial charge is 0.244 e. The van der Waals surface area contributed by atoms with E-state index in [0.717, 1.165) is 36.5 Å². The Hall–Kier alpha value is -2.77. The molecule has 8 nitrogen and oxygen atoms in total. The number of carbonyl (C=O) groups excluding carboxylic acids is 2. The van der Waals surface area contributed by atoms with E-state index < -0.39 is 0 Å². The third-order valence-electron chi connectivity index (χ3n) is 7.25. The molecule has 0 unspecified atom stereocenters. The molecule has 0 bridgehead atoms. The summed E-state index contributed by atoms with van der Waals surface area (Å²) >= 11 is 0. The molecule has 5 rings (SSSR count). The van der Waals surface area contributed by atoms with Crippen molar-refractivity contribution < 1.29 is 9.59 Å². The van der Waals surface area contributed by atoms with Gasteiger partial charge in [-0.05, 0) is 51.0 Å². The molecule has 0 radical (unpaired) electrons. The van der Waals surface area contributed by atoms with E-state index in [1.807, 2.05) is 22.8 Å². The van der Waals surface area contributed by atoms with Gasteiger partial charge in [0.1, 0.15) is 12.4 Å². The van der Waals surface area contributed by atoms with E-state index in [2.05, 4.69) is 5.10 Å². The second-order valence-corrected chi connectivity index (χ2v) is 9.43. The number of carbonyl (C=O) groups is 2. The van der Waals surface area contributed by atoms with Gasteiger partial charge in [0.05, 0.1) is 6.04 Å². The molecule has 1 atom stereocenters. The largest absolute Gasteiger partial charge is 0.331 e. The molecule has 2 fully saturated rings. The van der Waals surface area contributed by atoms with Gasteiger partial charge in [-0.3, -0.25) is 19.2 Å². The van der Waals surface area contributed by atoms with Crippen LogP contribution in [0, 0.1) is 12.8 Å². The highest BCUT2D eigenvalue weighted by atomic mass is 16.2. The molecule has 2 aliphatic heterocycles. The Morgan fingerprint density at radius 1 is 1.09 bits per heavy atom. The molecule has 3 aliphatic rings. The maximum absolute atomic E-state index is 13.0. The van der Waals surface area contributed by atoms with Gasteiger partial charge in [0.15, 0.2) is 5.82 Å². The lowest BCUT2D eigenvalue weighted by Gasteiger charge is -2.34. The van der Waals surface area contributed by atoms with Gasteiger partial charge in [0.2, 0.25) is 11.8 Å². The molecule has 2 aromatic rings. The normalized spacial score (nSPS) is 21.8. The minimum atomic E-state index is -0.143. The summed E-state index contributed by atoms with van der Waals surface area (Å²) in [7, 11) is 0. The summed E-state index contributed by atoms with van der Waals surface area (Å²) < 4.78 is 1.65. The number of hydrogen-bond donors (Lipinski definition) is 0. The van der Waals surface area contributed by atoms with Gasteiger partial charge in [-0.2, -0.15) is 5.10 Å². The first kappa shape index (κ1) is 21.1. The number of nitrogens with zero attached hydrogens (tertiary/aromatic N) is 6. The summed E-state index contributed by atoms with van der Waals surface area (Å²) in [6.07, 6.45) is 12.7. The number of likely N-dealkylation sites (tertiary alicyclic amines) is 1. The molecule has 1 saturated heterocycles. The van der Waals surface area contributed by atoms with Crippen LogP contribution >= 0.6 is 0 Å². The first-order chi connectivity index (χ1) is 15.6. The predicted octanol–water partition coefficient (Wildman–Crippen LogP) is 3.20. The number of fused-ring (bicyclic) bond motifs is 1. The average molecular weight is 437 g/mol. The monoisotopic (exact) mass is 436 g/mol. The van der Waals surface area contributed by atoms with Crippen molar-refractivity contribution >= 4 is 17.6 Å². The number of anilines is 1. The zero-order chi connectivity index (χ0) is 22.1. The first-order valence-electron chi connectivity index (χ1n) is 12.0. The van der Waals surface area contributed by atoms with Gasteiger partial charge in [-0.25, -0.2) is 9.97 Å². The number of aryl methyl sites for hydroxylation is 1. The van der Waals surface area contributed by atoms with Gasteiger partial charge in [-0.1, -0.05) is 19.3 Å². The Morgan fingerprint density at radius 3 is 2.72 bits per heavy atom. The Kier molecular flexibility index (Phi) is 5.93. The molecule has 32 heavy (non-hydrogen) atoms. The van der Waals surface area contributed by atoms with Crippen molar-refractivity contribution in [3.63, 3.8) is 0 Å². The lowest BCUT2D eigenvalue weighted by Crippen LogP contribution is -2.41. The maximum atomic E-state index is 13.0. The molecule has 1 saturated carbocycles. The van der Waals surface area contributed by atoms with Crippen LogP contribution in [0.3, 0.4) is 0 Å². The highest BCUT2D eigenvalue weighted by molar-refractivity contribution is 5.95. The molecule has 8 heteroatoms. The number of rotatable bonds is 5. The Bertz CT molecular complexity index is 983. The van der Waals surface area contributed by atoms with Crippen molar-refractivity contribution in [2.45, 2.75) is 77.3 Å². The molecular weight excluding hydrogens is 404 g/mol. The minimum absolute atomic E-state index is 0.0327. The molecule has 2 aromatic heterocycles. The van der Waals surface area contributed by atoms with Crippen LogP contribution in [0.1, 0.15) is 74.5 Å². The van der Waals surface area contributed by atoms with Gasteiger partial charge in [-0.15, -0.1) is 0 Å². The van der Waals surface area contributed by atoms with Crippen LogP contribution in [0.4, 0.5) is 5.82 Å².